The van der Waals surface area contributed by atoms with Crippen LogP contribution in [0.5, 0.6) is 0 Å². The molecule has 0 aliphatic rings. The Morgan fingerprint density at radius 2 is 1.75 bits per heavy atom. The SMILES string of the molecule is N#Cc1ccc2c(cc(C(F)F)n2S(=O)c2ccccc2)c1C#N. The van der Waals surface area contributed by atoms with Gasteiger partial charge in [0.05, 0.1) is 27.2 Å². The molecule has 1 atom stereocenters. The number of fused-ring (bicyclic) bond motifs is 1. The molecule has 118 valence electrons. The van der Waals surface area contributed by atoms with Crippen LogP contribution in [0.25, 0.3) is 10.9 Å². The Morgan fingerprint density at radius 1 is 1.04 bits per heavy atom. The summed E-state index contributed by atoms with van der Waals surface area (Å²) in [5.41, 5.74) is -0.143. The van der Waals surface area contributed by atoms with Gasteiger partial charge in [0.2, 0.25) is 0 Å². The molecule has 0 radical (unpaired) electrons. The van der Waals surface area contributed by atoms with E-state index in [0.717, 1.165) is 10.0 Å². The summed E-state index contributed by atoms with van der Waals surface area (Å²) in [5.74, 6) is 0. The summed E-state index contributed by atoms with van der Waals surface area (Å²) in [5, 5.41) is 18.5. The predicted octanol–water partition coefficient (Wildman–Crippen LogP) is 3.89. The molecular weight excluding hydrogens is 332 g/mol. The monoisotopic (exact) mass is 341 g/mol. The van der Waals surface area contributed by atoms with E-state index in [1.807, 2.05) is 12.1 Å². The molecule has 0 N–H and O–H groups in total. The number of hydrogen-bond donors (Lipinski definition) is 0. The van der Waals surface area contributed by atoms with Gasteiger partial charge in [0.15, 0.2) is 11.0 Å². The maximum Gasteiger partial charge on any atom is 0.279 e. The summed E-state index contributed by atoms with van der Waals surface area (Å²) in [6.45, 7) is 0. The summed E-state index contributed by atoms with van der Waals surface area (Å²) in [4.78, 5) is 0.361. The summed E-state index contributed by atoms with van der Waals surface area (Å²) < 4.78 is 40.7. The molecule has 1 aromatic heterocycles. The lowest BCUT2D eigenvalue weighted by molar-refractivity contribution is 0.145. The molecule has 3 rings (SSSR count). The van der Waals surface area contributed by atoms with Crippen molar-refractivity contribution in [2.45, 2.75) is 11.3 Å². The predicted molar refractivity (Wildman–Crippen MR) is 84.6 cm³/mol. The van der Waals surface area contributed by atoms with Crippen molar-refractivity contribution >= 4 is 21.9 Å². The van der Waals surface area contributed by atoms with Gasteiger partial charge in [0.1, 0.15) is 12.1 Å². The van der Waals surface area contributed by atoms with E-state index in [4.69, 9.17) is 5.26 Å². The Hall–Kier alpha value is -3.03. The van der Waals surface area contributed by atoms with E-state index >= 15 is 0 Å². The van der Waals surface area contributed by atoms with Crippen LogP contribution >= 0.6 is 0 Å². The third-order valence-electron chi connectivity index (χ3n) is 3.53. The second kappa shape index (κ2) is 6.23. The number of nitriles is 2. The summed E-state index contributed by atoms with van der Waals surface area (Å²) in [7, 11) is -1.90. The molecule has 0 aliphatic heterocycles. The highest BCUT2D eigenvalue weighted by atomic mass is 32.2. The zero-order valence-corrected chi connectivity index (χ0v) is 12.9. The molecule has 7 heteroatoms. The molecule has 0 aliphatic carbocycles. The normalized spacial score (nSPS) is 12.0. The largest absolute Gasteiger partial charge is 0.279 e. The molecule has 1 heterocycles. The van der Waals surface area contributed by atoms with E-state index in [2.05, 4.69) is 0 Å². The van der Waals surface area contributed by atoms with Crippen molar-refractivity contribution < 1.29 is 13.0 Å². The minimum atomic E-state index is -2.87. The Kier molecular flexibility index (Phi) is 4.11. The van der Waals surface area contributed by atoms with Gasteiger partial charge < -0.3 is 0 Å². The third-order valence-corrected chi connectivity index (χ3v) is 4.95. The lowest BCUT2D eigenvalue weighted by atomic mass is 10.1. The maximum absolute atomic E-state index is 13.5. The van der Waals surface area contributed by atoms with E-state index in [1.165, 1.54) is 12.1 Å². The number of hydrogen-bond acceptors (Lipinski definition) is 3. The van der Waals surface area contributed by atoms with Crippen LogP contribution in [0.4, 0.5) is 8.78 Å². The minimum Gasteiger partial charge on any atom is -0.254 e. The lowest BCUT2D eigenvalue weighted by Crippen LogP contribution is -2.09. The molecule has 24 heavy (non-hydrogen) atoms. The quantitative estimate of drug-likeness (QED) is 0.725. The number of nitrogens with zero attached hydrogens (tertiary/aromatic N) is 3. The molecule has 0 saturated carbocycles. The van der Waals surface area contributed by atoms with Gasteiger partial charge >= 0.3 is 0 Å². The highest BCUT2D eigenvalue weighted by Crippen LogP contribution is 2.32. The first-order valence-corrected chi connectivity index (χ1v) is 7.93. The van der Waals surface area contributed by atoms with Gasteiger partial charge in [-0.1, -0.05) is 18.2 Å². The van der Waals surface area contributed by atoms with Crippen LogP contribution in [0.2, 0.25) is 0 Å². The van der Waals surface area contributed by atoms with Crippen LogP contribution in [0.1, 0.15) is 23.2 Å². The van der Waals surface area contributed by atoms with Crippen molar-refractivity contribution in [3.8, 4) is 12.1 Å². The van der Waals surface area contributed by atoms with Crippen molar-refractivity contribution in [1.82, 2.24) is 3.97 Å². The average Bonchev–Trinajstić information content (AvgIpc) is 3.00. The van der Waals surface area contributed by atoms with Crippen molar-refractivity contribution in [2.24, 2.45) is 0 Å². The molecule has 2 aromatic carbocycles. The highest BCUT2D eigenvalue weighted by Gasteiger charge is 2.24. The molecule has 3 aromatic rings. The van der Waals surface area contributed by atoms with Crippen LogP contribution < -0.4 is 0 Å². The standard InChI is InChI=1S/C17H9F2N3OS/c18-17(19)16-8-13-14(10-21)11(9-20)6-7-15(13)22(16)24(23)12-4-2-1-3-5-12/h1-8,17H. The topological polar surface area (TPSA) is 69.6 Å². The smallest absolute Gasteiger partial charge is 0.254 e. The third kappa shape index (κ3) is 2.45. The number of halogens is 2. The minimum absolute atomic E-state index is 0.000659. The van der Waals surface area contributed by atoms with E-state index < -0.39 is 23.1 Å². The summed E-state index contributed by atoms with van der Waals surface area (Å²) >= 11 is 0. The number of alkyl halides is 2. The van der Waals surface area contributed by atoms with Gasteiger partial charge in [-0.3, -0.25) is 3.97 Å². The van der Waals surface area contributed by atoms with Crippen molar-refractivity contribution in [2.75, 3.05) is 0 Å². The summed E-state index contributed by atoms with van der Waals surface area (Å²) in [6, 6.07) is 15.9. The first kappa shape index (κ1) is 15.9. The van der Waals surface area contributed by atoms with E-state index in [0.29, 0.717) is 4.90 Å². The second-order valence-electron chi connectivity index (χ2n) is 4.87. The van der Waals surface area contributed by atoms with E-state index in [1.54, 1.807) is 30.3 Å². The average molecular weight is 341 g/mol. The molecule has 0 fully saturated rings. The fourth-order valence-corrected chi connectivity index (χ4v) is 3.73. The Morgan fingerprint density at radius 3 is 2.33 bits per heavy atom. The molecule has 1 unspecified atom stereocenters. The first-order chi connectivity index (χ1) is 11.6. The van der Waals surface area contributed by atoms with Gasteiger partial charge in [0.25, 0.3) is 6.43 Å². The van der Waals surface area contributed by atoms with E-state index in [-0.39, 0.29) is 22.0 Å². The van der Waals surface area contributed by atoms with Crippen LogP contribution in [0, 0.1) is 22.7 Å². The molecule has 0 bridgehead atoms. The summed E-state index contributed by atoms with van der Waals surface area (Å²) in [6.07, 6.45) is -2.87. The van der Waals surface area contributed by atoms with Crippen LogP contribution in [0.15, 0.2) is 53.4 Å². The van der Waals surface area contributed by atoms with Crippen molar-refractivity contribution in [3.05, 3.63) is 65.4 Å². The molecule has 0 amide bonds. The van der Waals surface area contributed by atoms with Crippen molar-refractivity contribution in [3.63, 3.8) is 0 Å². The number of aromatic nitrogens is 1. The molecule has 0 spiro atoms. The Balaban J connectivity index is 2.35. The molecule has 0 saturated heterocycles. The fourth-order valence-electron chi connectivity index (χ4n) is 2.47. The van der Waals surface area contributed by atoms with Crippen LogP contribution in [-0.4, -0.2) is 8.18 Å². The second-order valence-corrected chi connectivity index (χ2v) is 6.21. The molecule has 4 nitrogen and oxygen atoms in total. The number of benzene rings is 2. The fraction of sp³-hybridized carbons (Fsp3) is 0.0588. The van der Waals surface area contributed by atoms with Crippen LogP contribution in [-0.2, 0) is 11.0 Å². The van der Waals surface area contributed by atoms with Gasteiger partial charge in [0, 0.05) is 5.39 Å². The maximum atomic E-state index is 13.5. The number of rotatable bonds is 3. The Labute approximate surface area is 138 Å². The van der Waals surface area contributed by atoms with Gasteiger partial charge in [-0.2, -0.15) is 10.5 Å². The highest BCUT2D eigenvalue weighted by molar-refractivity contribution is 7.83. The van der Waals surface area contributed by atoms with Gasteiger partial charge in [-0.05, 0) is 30.3 Å². The van der Waals surface area contributed by atoms with E-state index in [9.17, 15) is 18.3 Å². The first-order valence-electron chi connectivity index (χ1n) is 6.82. The lowest BCUT2D eigenvalue weighted by Gasteiger charge is -2.10. The Bertz CT molecular complexity index is 1030. The zero-order chi connectivity index (χ0) is 17.3. The van der Waals surface area contributed by atoms with Crippen LogP contribution in [0.3, 0.4) is 0 Å². The molecular formula is C17H9F2N3OS. The van der Waals surface area contributed by atoms with Gasteiger partial charge in [-0.25, -0.2) is 13.0 Å². The van der Waals surface area contributed by atoms with Crippen molar-refractivity contribution in [1.29, 1.82) is 10.5 Å². The van der Waals surface area contributed by atoms with Gasteiger partial charge in [-0.15, -0.1) is 0 Å². The zero-order valence-electron chi connectivity index (χ0n) is 12.1.